The fourth-order valence-electron chi connectivity index (χ4n) is 9.01. The zero-order valence-electron chi connectivity index (χ0n) is 32.0. The molecule has 276 valence electrons. The van der Waals surface area contributed by atoms with Crippen molar-refractivity contribution in [3.63, 3.8) is 0 Å². The summed E-state index contributed by atoms with van der Waals surface area (Å²) in [6.45, 7) is 0. The molecule has 4 nitrogen and oxygen atoms in total. The van der Waals surface area contributed by atoms with E-state index >= 15 is 0 Å². The van der Waals surface area contributed by atoms with Gasteiger partial charge in [-0.3, -0.25) is 0 Å². The van der Waals surface area contributed by atoms with Gasteiger partial charge < -0.3 is 13.9 Å². The topological polar surface area (TPSA) is 34.2 Å². The van der Waals surface area contributed by atoms with Crippen molar-refractivity contribution in [2.75, 3.05) is 4.90 Å². The van der Waals surface area contributed by atoms with Crippen LogP contribution in [0.25, 0.3) is 93.5 Å². The van der Waals surface area contributed by atoms with Gasteiger partial charge in [-0.1, -0.05) is 133 Å². The molecule has 0 aliphatic heterocycles. The highest BCUT2D eigenvalue weighted by molar-refractivity contribution is 6.19. The van der Waals surface area contributed by atoms with Crippen molar-refractivity contribution in [1.82, 2.24) is 9.55 Å². The number of aromatic nitrogens is 2. The zero-order valence-corrected chi connectivity index (χ0v) is 32.0. The highest BCUT2D eigenvalue weighted by Crippen LogP contribution is 2.45. The summed E-state index contributed by atoms with van der Waals surface area (Å²) in [5, 5.41) is 9.17. The van der Waals surface area contributed by atoms with Gasteiger partial charge in [0.05, 0.1) is 16.7 Å². The molecular weight excluding hydrogens is 719 g/mol. The summed E-state index contributed by atoms with van der Waals surface area (Å²) in [6.07, 6.45) is 0. The molecule has 0 bridgehead atoms. The molecule has 2 aromatic heterocycles. The van der Waals surface area contributed by atoms with Crippen molar-refractivity contribution in [2.45, 2.75) is 0 Å². The number of nitrogens with zero attached hydrogens (tertiary/aromatic N) is 3. The van der Waals surface area contributed by atoms with E-state index in [9.17, 15) is 0 Å². The van der Waals surface area contributed by atoms with Crippen molar-refractivity contribution in [3.8, 4) is 28.3 Å². The van der Waals surface area contributed by atoms with E-state index in [1.807, 2.05) is 30.3 Å². The minimum Gasteiger partial charge on any atom is -0.435 e. The average molecular weight is 754 g/mol. The van der Waals surface area contributed by atoms with Crippen LogP contribution in [0.15, 0.2) is 217 Å². The number of rotatable bonds is 6. The van der Waals surface area contributed by atoms with Gasteiger partial charge in [-0.25, -0.2) is 4.98 Å². The highest BCUT2D eigenvalue weighted by atomic mass is 16.3. The van der Waals surface area contributed by atoms with E-state index in [1.54, 1.807) is 0 Å². The Balaban J connectivity index is 1.12. The second-order valence-corrected chi connectivity index (χ2v) is 15.2. The minimum absolute atomic E-state index is 0.622. The maximum absolute atomic E-state index is 6.65. The summed E-state index contributed by atoms with van der Waals surface area (Å²) >= 11 is 0. The predicted octanol–water partition coefficient (Wildman–Crippen LogP) is 15.2. The highest BCUT2D eigenvalue weighted by Gasteiger charge is 2.21. The number of oxazole rings is 1. The molecular formula is C55H35N3O. The van der Waals surface area contributed by atoms with Crippen LogP contribution in [0, 0.1) is 0 Å². The first-order chi connectivity index (χ1) is 29.2. The van der Waals surface area contributed by atoms with Crippen LogP contribution in [-0.2, 0) is 0 Å². The first-order valence-electron chi connectivity index (χ1n) is 20.0. The van der Waals surface area contributed by atoms with Gasteiger partial charge >= 0.3 is 0 Å². The zero-order chi connectivity index (χ0) is 38.9. The van der Waals surface area contributed by atoms with E-state index in [2.05, 4.69) is 191 Å². The number of anilines is 3. The van der Waals surface area contributed by atoms with E-state index in [0.717, 1.165) is 66.5 Å². The number of para-hydroxylation sites is 2. The summed E-state index contributed by atoms with van der Waals surface area (Å²) in [4.78, 5) is 7.38. The van der Waals surface area contributed by atoms with Crippen LogP contribution in [0.4, 0.5) is 17.1 Å². The molecule has 0 aliphatic rings. The predicted molar refractivity (Wildman–Crippen MR) is 246 cm³/mol. The van der Waals surface area contributed by atoms with E-state index in [0.29, 0.717) is 5.89 Å². The summed E-state index contributed by atoms with van der Waals surface area (Å²) in [5.74, 6) is 0.622. The number of fused-ring (bicyclic) bond motifs is 9. The summed E-state index contributed by atoms with van der Waals surface area (Å²) in [5.41, 5.74) is 11.7. The molecule has 0 fully saturated rings. The van der Waals surface area contributed by atoms with Crippen LogP contribution in [0.3, 0.4) is 0 Å². The first kappa shape index (κ1) is 33.2. The lowest BCUT2D eigenvalue weighted by Crippen LogP contribution is -2.10. The van der Waals surface area contributed by atoms with E-state index in [-0.39, 0.29) is 0 Å². The van der Waals surface area contributed by atoms with E-state index in [4.69, 9.17) is 9.40 Å². The minimum atomic E-state index is 0.622. The fraction of sp³-hybridized carbons (Fsp3) is 0. The van der Waals surface area contributed by atoms with Crippen molar-refractivity contribution in [1.29, 1.82) is 0 Å². The number of benzene rings is 10. The molecule has 0 atom stereocenters. The molecule has 0 amide bonds. The van der Waals surface area contributed by atoms with Crippen molar-refractivity contribution < 1.29 is 4.42 Å². The molecule has 0 saturated heterocycles. The molecule has 0 N–H and O–H groups in total. The van der Waals surface area contributed by atoms with Crippen LogP contribution in [0.1, 0.15) is 0 Å². The molecule has 12 rings (SSSR count). The van der Waals surface area contributed by atoms with Gasteiger partial charge in [-0.15, -0.1) is 0 Å². The Labute approximate surface area is 340 Å². The van der Waals surface area contributed by atoms with Crippen LogP contribution in [0.5, 0.6) is 0 Å². The summed E-state index contributed by atoms with van der Waals surface area (Å²) < 4.78 is 9.02. The summed E-state index contributed by atoms with van der Waals surface area (Å²) in [6, 6.07) is 75.9. The molecule has 0 saturated carbocycles. The van der Waals surface area contributed by atoms with Gasteiger partial charge in [0.2, 0.25) is 5.89 Å². The molecule has 0 aliphatic carbocycles. The van der Waals surface area contributed by atoms with E-state index in [1.165, 1.54) is 38.2 Å². The van der Waals surface area contributed by atoms with Crippen molar-refractivity contribution in [2.24, 2.45) is 0 Å². The van der Waals surface area contributed by atoms with Crippen molar-refractivity contribution >= 4 is 82.3 Å². The van der Waals surface area contributed by atoms with Gasteiger partial charge in [0, 0.05) is 44.2 Å². The Hall–Kier alpha value is -7.95. The monoisotopic (exact) mass is 753 g/mol. The lowest BCUT2D eigenvalue weighted by atomic mass is 9.98. The van der Waals surface area contributed by atoms with Crippen LogP contribution in [-0.4, -0.2) is 9.55 Å². The Morgan fingerprint density at radius 1 is 0.407 bits per heavy atom. The quantitative estimate of drug-likeness (QED) is 0.159. The maximum atomic E-state index is 6.65. The molecule has 10 aromatic carbocycles. The fourth-order valence-corrected chi connectivity index (χ4v) is 9.01. The van der Waals surface area contributed by atoms with Crippen molar-refractivity contribution in [3.05, 3.63) is 212 Å². The van der Waals surface area contributed by atoms with Crippen LogP contribution >= 0.6 is 0 Å². The smallest absolute Gasteiger partial charge is 0.227 e. The lowest BCUT2D eigenvalue weighted by molar-refractivity contribution is 0.623. The Morgan fingerprint density at radius 2 is 1.07 bits per heavy atom. The largest absolute Gasteiger partial charge is 0.435 e. The second kappa shape index (κ2) is 13.3. The van der Waals surface area contributed by atoms with Crippen LogP contribution in [0.2, 0.25) is 0 Å². The normalized spacial score (nSPS) is 11.7. The Morgan fingerprint density at radius 3 is 1.90 bits per heavy atom. The maximum Gasteiger partial charge on any atom is 0.227 e. The SMILES string of the molecule is c1ccc(-c2ccc3c(N(c4ccc5ccc6ccc7nc(-c8ccccc8)oc7c6c5c4)c4ccc5c(c4)c4ccccc4n5-c4ccccc4)cccc3c2)cc1. The molecule has 2 heterocycles. The molecule has 0 unspecified atom stereocenters. The Kier molecular flexibility index (Phi) is 7.50. The lowest BCUT2D eigenvalue weighted by Gasteiger charge is -2.27. The summed E-state index contributed by atoms with van der Waals surface area (Å²) in [7, 11) is 0. The third-order valence-electron chi connectivity index (χ3n) is 11.8. The molecule has 12 aromatic rings. The molecule has 0 radical (unpaired) electrons. The molecule has 59 heavy (non-hydrogen) atoms. The molecule has 4 heteroatoms. The van der Waals surface area contributed by atoms with Crippen LogP contribution < -0.4 is 4.90 Å². The Bertz CT molecular complexity index is 3550. The van der Waals surface area contributed by atoms with E-state index < -0.39 is 0 Å². The second-order valence-electron chi connectivity index (χ2n) is 15.2. The van der Waals surface area contributed by atoms with Gasteiger partial charge in [-0.05, 0) is 112 Å². The van der Waals surface area contributed by atoms with Gasteiger partial charge in [0.1, 0.15) is 5.52 Å². The number of hydrogen-bond donors (Lipinski definition) is 0. The van der Waals surface area contributed by atoms with Gasteiger partial charge in [0.15, 0.2) is 5.58 Å². The average Bonchev–Trinajstić information content (AvgIpc) is 3.89. The number of hydrogen-bond acceptors (Lipinski definition) is 3. The first-order valence-corrected chi connectivity index (χ1v) is 20.0. The van der Waals surface area contributed by atoms with Gasteiger partial charge in [-0.2, -0.15) is 0 Å². The third kappa shape index (κ3) is 5.42. The third-order valence-corrected chi connectivity index (χ3v) is 11.8. The molecule has 0 spiro atoms. The van der Waals surface area contributed by atoms with Gasteiger partial charge in [0.25, 0.3) is 0 Å². The standard InChI is InChI=1S/C55H35N3O/c1-4-13-36(14-5-1)40-26-30-45-41(33-40)17-12-22-50(45)57(44-29-32-52-48(35-44)46-20-10-11-21-51(46)58(52)42-18-8-3-9-19-42)43-28-25-37-23-24-38-27-31-49-54(53(38)47(37)34-43)59-55(56-49)39-15-6-2-7-16-39/h1-35H.